The van der Waals surface area contributed by atoms with Gasteiger partial charge in [0.1, 0.15) is 5.76 Å². The number of para-hydroxylation sites is 1. The lowest BCUT2D eigenvalue weighted by Gasteiger charge is -2.15. The molecule has 0 saturated heterocycles. The third kappa shape index (κ3) is 4.87. The largest absolute Gasteiger partial charge is 0.467 e. The summed E-state index contributed by atoms with van der Waals surface area (Å²) in [6.45, 7) is 0.566. The van der Waals surface area contributed by atoms with Gasteiger partial charge in [-0.15, -0.1) is 0 Å². The monoisotopic (exact) mass is 499 g/mol. The Hall–Kier alpha value is -4.36. The minimum atomic E-state index is -0.456. The maximum Gasteiger partial charge on any atom is 0.336 e. The zero-order chi connectivity index (χ0) is 25.1. The van der Waals surface area contributed by atoms with E-state index in [1.165, 1.54) is 0 Å². The number of benzene rings is 3. The summed E-state index contributed by atoms with van der Waals surface area (Å²) in [6.07, 6.45) is 1.71. The van der Waals surface area contributed by atoms with E-state index in [2.05, 4.69) is 5.32 Å². The molecule has 0 aliphatic carbocycles. The van der Waals surface area contributed by atoms with Gasteiger partial charge in [-0.1, -0.05) is 48.0 Å². The van der Waals surface area contributed by atoms with E-state index in [9.17, 15) is 14.4 Å². The normalized spacial score (nSPS) is 11.0. The fraction of sp³-hybridized carbons (Fsp3) is 0.107. The van der Waals surface area contributed by atoms with Crippen molar-refractivity contribution >= 4 is 28.4 Å². The van der Waals surface area contributed by atoms with Gasteiger partial charge < -0.3 is 9.73 Å². The summed E-state index contributed by atoms with van der Waals surface area (Å²) >= 11 is 6.14. The number of amides is 1. The number of hydrogen-bond acceptors (Lipinski definition) is 4. The van der Waals surface area contributed by atoms with Gasteiger partial charge in [0.2, 0.25) is 5.91 Å². The number of fused-ring (bicyclic) bond motifs is 1. The van der Waals surface area contributed by atoms with Crippen LogP contribution in [0.4, 0.5) is 0 Å². The Morgan fingerprint density at radius 1 is 0.889 bits per heavy atom. The summed E-state index contributed by atoms with van der Waals surface area (Å²) in [4.78, 5) is 39.2. The second-order valence-electron chi connectivity index (χ2n) is 8.36. The highest BCUT2D eigenvalue weighted by Gasteiger charge is 2.15. The van der Waals surface area contributed by atoms with Crippen LogP contribution in [0.25, 0.3) is 16.6 Å². The average molecular weight is 500 g/mol. The van der Waals surface area contributed by atoms with Gasteiger partial charge in [0, 0.05) is 5.02 Å². The van der Waals surface area contributed by atoms with E-state index in [1.54, 1.807) is 83.6 Å². The van der Waals surface area contributed by atoms with Crippen LogP contribution in [-0.4, -0.2) is 15.0 Å². The number of furan rings is 1. The molecule has 1 N–H and O–H groups in total. The van der Waals surface area contributed by atoms with E-state index in [0.717, 1.165) is 15.7 Å². The highest BCUT2D eigenvalue weighted by Crippen LogP contribution is 2.15. The molecular weight excluding hydrogens is 478 g/mol. The molecule has 0 aliphatic rings. The summed E-state index contributed by atoms with van der Waals surface area (Å²) in [6, 6.07) is 24.7. The predicted octanol–water partition coefficient (Wildman–Crippen LogP) is 4.31. The van der Waals surface area contributed by atoms with Crippen LogP contribution in [0.5, 0.6) is 0 Å². The van der Waals surface area contributed by atoms with E-state index < -0.39 is 11.2 Å². The zero-order valence-electron chi connectivity index (χ0n) is 19.2. The molecule has 0 atom stereocenters. The highest BCUT2D eigenvalue weighted by atomic mass is 35.5. The molecule has 5 rings (SSSR count). The molecule has 2 aromatic heterocycles. The second-order valence-corrected chi connectivity index (χ2v) is 8.79. The van der Waals surface area contributed by atoms with E-state index in [-0.39, 0.29) is 18.9 Å². The summed E-state index contributed by atoms with van der Waals surface area (Å²) in [5.41, 5.74) is 1.72. The highest BCUT2D eigenvalue weighted by molar-refractivity contribution is 6.30. The Kier molecular flexibility index (Phi) is 6.56. The quantitative estimate of drug-likeness (QED) is 0.361. The zero-order valence-corrected chi connectivity index (χ0v) is 19.9. The molecule has 8 heteroatoms. The number of carbonyl (C=O) groups is 1. The summed E-state index contributed by atoms with van der Waals surface area (Å²) in [5.74, 6) is 0.509. The summed E-state index contributed by atoms with van der Waals surface area (Å²) in [5, 5.41) is 3.80. The third-order valence-electron chi connectivity index (χ3n) is 5.88. The van der Waals surface area contributed by atoms with Gasteiger partial charge in [0.15, 0.2) is 0 Å². The maximum absolute atomic E-state index is 13.6. The molecule has 0 unspecified atom stereocenters. The number of carbonyl (C=O) groups excluding carboxylic acids is 1. The van der Waals surface area contributed by atoms with Crippen molar-refractivity contribution in [1.82, 2.24) is 14.5 Å². The molecule has 5 aromatic rings. The molecular formula is C28H22ClN3O4. The van der Waals surface area contributed by atoms with Crippen molar-refractivity contribution in [3.05, 3.63) is 134 Å². The lowest BCUT2D eigenvalue weighted by Crippen LogP contribution is -2.39. The van der Waals surface area contributed by atoms with Crippen LogP contribution in [0.1, 0.15) is 16.9 Å². The standard InChI is InChI=1S/C28H22ClN3O4/c29-21-6-3-5-20(15-21)18-31-25-9-2-1-8-24(25)27(34)32(28(31)35)22-12-10-19(11-13-22)16-26(33)30-17-23-7-4-14-36-23/h1-15H,16-18H2,(H,30,33). The van der Waals surface area contributed by atoms with Gasteiger partial charge in [-0.25, -0.2) is 9.36 Å². The Morgan fingerprint density at radius 3 is 2.44 bits per heavy atom. The van der Waals surface area contributed by atoms with Crippen molar-refractivity contribution in [2.75, 3.05) is 0 Å². The van der Waals surface area contributed by atoms with E-state index >= 15 is 0 Å². The molecule has 0 saturated carbocycles. The molecule has 7 nitrogen and oxygen atoms in total. The number of rotatable bonds is 7. The third-order valence-corrected chi connectivity index (χ3v) is 6.11. The van der Waals surface area contributed by atoms with Crippen LogP contribution in [0, 0.1) is 0 Å². The van der Waals surface area contributed by atoms with Crippen LogP contribution in [0.2, 0.25) is 5.02 Å². The van der Waals surface area contributed by atoms with Gasteiger partial charge in [-0.2, -0.15) is 0 Å². The molecule has 0 fully saturated rings. The van der Waals surface area contributed by atoms with Crippen molar-refractivity contribution < 1.29 is 9.21 Å². The Bertz CT molecular complexity index is 1650. The van der Waals surface area contributed by atoms with Crippen molar-refractivity contribution in [2.24, 2.45) is 0 Å². The number of nitrogens with one attached hydrogen (secondary N) is 1. The molecule has 1 amide bonds. The molecule has 0 aliphatic heterocycles. The topological polar surface area (TPSA) is 86.2 Å². The van der Waals surface area contributed by atoms with Gasteiger partial charge in [0.25, 0.3) is 5.56 Å². The maximum atomic E-state index is 13.6. The van der Waals surface area contributed by atoms with Crippen LogP contribution in [0.3, 0.4) is 0 Å². The van der Waals surface area contributed by atoms with Gasteiger partial charge in [0.05, 0.1) is 42.4 Å². The van der Waals surface area contributed by atoms with Gasteiger partial charge >= 0.3 is 5.69 Å². The molecule has 0 spiro atoms. The molecule has 3 aromatic carbocycles. The fourth-order valence-electron chi connectivity index (χ4n) is 4.13. The number of hydrogen-bond donors (Lipinski definition) is 1. The van der Waals surface area contributed by atoms with Crippen LogP contribution in [-0.2, 0) is 24.3 Å². The Balaban J connectivity index is 1.46. The first-order valence-electron chi connectivity index (χ1n) is 11.4. The average Bonchev–Trinajstić information content (AvgIpc) is 3.40. The van der Waals surface area contributed by atoms with Crippen LogP contribution in [0.15, 0.2) is 105 Å². The molecule has 0 bridgehead atoms. The van der Waals surface area contributed by atoms with Gasteiger partial charge in [-0.05, 0) is 59.7 Å². The lowest BCUT2D eigenvalue weighted by atomic mass is 10.1. The van der Waals surface area contributed by atoms with Crippen molar-refractivity contribution in [3.8, 4) is 5.69 Å². The van der Waals surface area contributed by atoms with Crippen LogP contribution >= 0.6 is 11.6 Å². The molecule has 2 heterocycles. The Labute approximate surface area is 211 Å². The Morgan fingerprint density at radius 2 is 1.69 bits per heavy atom. The first-order valence-corrected chi connectivity index (χ1v) is 11.7. The van der Waals surface area contributed by atoms with Crippen LogP contribution < -0.4 is 16.6 Å². The van der Waals surface area contributed by atoms with Crippen molar-refractivity contribution in [1.29, 1.82) is 0 Å². The van der Waals surface area contributed by atoms with E-state index in [0.29, 0.717) is 33.9 Å². The molecule has 36 heavy (non-hydrogen) atoms. The van der Waals surface area contributed by atoms with Crippen molar-refractivity contribution in [2.45, 2.75) is 19.5 Å². The molecule has 180 valence electrons. The lowest BCUT2D eigenvalue weighted by molar-refractivity contribution is -0.120. The summed E-state index contributed by atoms with van der Waals surface area (Å²) < 4.78 is 7.95. The first kappa shape index (κ1) is 23.4. The minimum Gasteiger partial charge on any atom is -0.467 e. The molecule has 0 radical (unpaired) electrons. The second kappa shape index (κ2) is 10.1. The van der Waals surface area contributed by atoms with Gasteiger partial charge in [-0.3, -0.25) is 14.2 Å². The number of halogens is 1. The van der Waals surface area contributed by atoms with Crippen molar-refractivity contribution in [3.63, 3.8) is 0 Å². The van der Waals surface area contributed by atoms with E-state index in [1.807, 2.05) is 12.1 Å². The predicted molar refractivity (Wildman–Crippen MR) is 139 cm³/mol. The number of aromatic nitrogens is 2. The number of nitrogens with zero attached hydrogens (tertiary/aromatic N) is 2. The fourth-order valence-corrected chi connectivity index (χ4v) is 4.34. The first-order chi connectivity index (χ1) is 17.5. The SMILES string of the molecule is O=C(Cc1ccc(-n2c(=O)c3ccccc3n(Cc3cccc(Cl)c3)c2=O)cc1)NCc1ccco1. The van der Waals surface area contributed by atoms with E-state index in [4.69, 9.17) is 16.0 Å². The minimum absolute atomic E-state index is 0.159. The smallest absolute Gasteiger partial charge is 0.336 e. The summed E-state index contributed by atoms with van der Waals surface area (Å²) in [7, 11) is 0.